The minimum absolute atomic E-state index is 0.244. The molecule has 0 bridgehead atoms. The van der Waals surface area contributed by atoms with Crippen molar-refractivity contribution in [3.8, 4) is 0 Å². The summed E-state index contributed by atoms with van der Waals surface area (Å²) in [5, 5.41) is 16.6. The van der Waals surface area contributed by atoms with Gasteiger partial charge in [-0.2, -0.15) is 0 Å². The third-order valence-corrected chi connectivity index (χ3v) is 4.00. The Bertz CT molecular complexity index is 296. The van der Waals surface area contributed by atoms with E-state index in [1.807, 2.05) is 32.3 Å². The third-order valence-electron chi connectivity index (χ3n) is 3.11. The Hall–Kier alpha value is -0.450. The Morgan fingerprint density at radius 1 is 1.56 bits per heavy atom. The molecule has 3 nitrogen and oxygen atoms in total. The summed E-state index contributed by atoms with van der Waals surface area (Å²) in [4.78, 5) is 4.31. The SMILES string of the molecule is CCC(NCC(C)(O)C(C)C)c1nccs1. The number of aromatic nitrogens is 1. The molecule has 0 aliphatic rings. The fraction of sp³-hybridized carbons (Fsp3) is 0.750. The van der Waals surface area contributed by atoms with Crippen molar-refractivity contribution < 1.29 is 5.11 Å². The van der Waals surface area contributed by atoms with Gasteiger partial charge in [0.1, 0.15) is 5.01 Å². The van der Waals surface area contributed by atoms with E-state index in [1.165, 1.54) is 0 Å². The van der Waals surface area contributed by atoms with Crippen LogP contribution < -0.4 is 5.32 Å². The van der Waals surface area contributed by atoms with Crippen LogP contribution in [-0.2, 0) is 0 Å². The number of nitrogens with zero attached hydrogens (tertiary/aromatic N) is 1. The summed E-state index contributed by atoms with van der Waals surface area (Å²) in [6, 6.07) is 0.255. The van der Waals surface area contributed by atoms with Gasteiger partial charge in [-0.1, -0.05) is 20.8 Å². The molecule has 0 aliphatic carbocycles. The topological polar surface area (TPSA) is 45.1 Å². The van der Waals surface area contributed by atoms with Crippen LogP contribution in [0.25, 0.3) is 0 Å². The molecular weight excluding hydrogens is 220 g/mol. The third kappa shape index (κ3) is 3.54. The molecule has 0 saturated carbocycles. The number of nitrogens with one attached hydrogen (secondary N) is 1. The maximum absolute atomic E-state index is 10.2. The highest BCUT2D eigenvalue weighted by Crippen LogP contribution is 2.21. The molecule has 4 heteroatoms. The largest absolute Gasteiger partial charge is 0.389 e. The Labute approximate surface area is 102 Å². The van der Waals surface area contributed by atoms with Gasteiger partial charge in [-0.3, -0.25) is 0 Å². The summed E-state index contributed by atoms with van der Waals surface area (Å²) >= 11 is 1.66. The molecule has 2 unspecified atom stereocenters. The predicted octanol–water partition coefficient (Wildman–Crippen LogP) is 2.59. The van der Waals surface area contributed by atoms with Crippen molar-refractivity contribution in [1.29, 1.82) is 0 Å². The van der Waals surface area contributed by atoms with Crippen LogP contribution in [0.15, 0.2) is 11.6 Å². The maximum atomic E-state index is 10.2. The van der Waals surface area contributed by atoms with Gasteiger partial charge in [0.15, 0.2) is 0 Å². The first kappa shape index (κ1) is 13.6. The lowest BCUT2D eigenvalue weighted by atomic mass is 9.92. The van der Waals surface area contributed by atoms with Crippen LogP contribution in [0.2, 0.25) is 0 Å². The van der Waals surface area contributed by atoms with Crippen molar-refractivity contribution in [2.24, 2.45) is 5.92 Å². The smallest absolute Gasteiger partial charge is 0.109 e. The van der Waals surface area contributed by atoms with E-state index in [9.17, 15) is 5.11 Å². The summed E-state index contributed by atoms with van der Waals surface area (Å²) in [6.07, 6.45) is 2.81. The first-order valence-corrected chi connectivity index (χ1v) is 6.70. The lowest BCUT2D eigenvalue weighted by Crippen LogP contribution is -2.43. The maximum Gasteiger partial charge on any atom is 0.109 e. The second-order valence-electron chi connectivity index (χ2n) is 4.72. The lowest BCUT2D eigenvalue weighted by Gasteiger charge is -2.29. The molecule has 0 saturated heterocycles. The zero-order chi connectivity index (χ0) is 12.2. The Morgan fingerprint density at radius 3 is 2.69 bits per heavy atom. The molecule has 1 rings (SSSR count). The fourth-order valence-corrected chi connectivity index (χ4v) is 2.14. The molecule has 2 atom stereocenters. The van der Waals surface area contributed by atoms with E-state index in [0.717, 1.165) is 11.4 Å². The molecule has 1 aromatic heterocycles. The molecule has 1 heterocycles. The van der Waals surface area contributed by atoms with Crippen LogP contribution in [-0.4, -0.2) is 22.2 Å². The van der Waals surface area contributed by atoms with Crippen molar-refractivity contribution in [1.82, 2.24) is 10.3 Å². The molecule has 1 aromatic rings. The molecule has 0 aliphatic heterocycles. The first-order valence-electron chi connectivity index (χ1n) is 5.82. The summed E-state index contributed by atoms with van der Waals surface area (Å²) < 4.78 is 0. The zero-order valence-corrected chi connectivity index (χ0v) is 11.3. The number of rotatable bonds is 6. The van der Waals surface area contributed by atoms with Gasteiger partial charge in [0.05, 0.1) is 11.6 Å². The molecular formula is C12H22N2OS. The molecule has 2 N–H and O–H groups in total. The lowest BCUT2D eigenvalue weighted by molar-refractivity contribution is 0.0116. The fourth-order valence-electron chi connectivity index (χ4n) is 1.35. The van der Waals surface area contributed by atoms with Gasteiger partial charge < -0.3 is 10.4 Å². The second kappa shape index (κ2) is 5.75. The molecule has 0 fully saturated rings. The normalized spacial score (nSPS) is 17.4. The van der Waals surface area contributed by atoms with Crippen molar-refractivity contribution in [2.75, 3.05) is 6.54 Å². The number of hydrogen-bond acceptors (Lipinski definition) is 4. The van der Waals surface area contributed by atoms with E-state index in [2.05, 4.69) is 17.2 Å². The van der Waals surface area contributed by atoms with E-state index in [1.54, 1.807) is 11.3 Å². The van der Waals surface area contributed by atoms with E-state index < -0.39 is 5.60 Å². The van der Waals surface area contributed by atoms with E-state index >= 15 is 0 Å². The number of aliphatic hydroxyl groups is 1. The quantitative estimate of drug-likeness (QED) is 0.806. The molecule has 0 spiro atoms. The molecule has 0 aromatic carbocycles. The minimum atomic E-state index is -0.662. The summed E-state index contributed by atoms with van der Waals surface area (Å²) in [7, 11) is 0. The van der Waals surface area contributed by atoms with Gasteiger partial charge in [0.2, 0.25) is 0 Å². The van der Waals surface area contributed by atoms with Crippen molar-refractivity contribution >= 4 is 11.3 Å². The van der Waals surface area contributed by atoms with Gasteiger partial charge in [-0.25, -0.2) is 4.98 Å². The van der Waals surface area contributed by atoms with Crippen molar-refractivity contribution in [3.05, 3.63) is 16.6 Å². The number of hydrogen-bond donors (Lipinski definition) is 2. The van der Waals surface area contributed by atoms with Crippen LogP contribution >= 0.6 is 11.3 Å². The number of thiazole rings is 1. The first-order chi connectivity index (χ1) is 7.47. The van der Waals surface area contributed by atoms with E-state index in [0.29, 0.717) is 6.54 Å². The van der Waals surface area contributed by atoms with Crippen molar-refractivity contribution in [3.63, 3.8) is 0 Å². The molecule has 16 heavy (non-hydrogen) atoms. The van der Waals surface area contributed by atoms with Crippen LogP contribution in [0.3, 0.4) is 0 Å². The Balaban J connectivity index is 2.53. The Kier molecular flexibility index (Phi) is 4.89. The van der Waals surface area contributed by atoms with Gasteiger partial charge in [0, 0.05) is 18.1 Å². The molecule has 0 radical (unpaired) electrons. The average molecular weight is 242 g/mol. The highest BCUT2D eigenvalue weighted by Gasteiger charge is 2.26. The van der Waals surface area contributed by atoms with E-state index in [4.69, 9.17) is 0 Å². The summed E-state index contributed by atoms with van der Waals surface area (Å²) in [5.74, 6) is 0.244. The van der Waals surface area contributed by atoms with Crippen LogP contribution in [0.1, 0.15) is 45.2 Å². The van der Waals surface area contributed by atoms with Gasteiger partial charge in [0.25, 0.3) is 0 Å². The summed E-state index contributed by atoms with van der Waals surface area (Å²) in [5.41, 5.74) is -0.662. The predicted molar refractivity (Wildman–Crippen MR) is 68.6 cm³/mol. The van der Waals surface area contributed by atoms with E-state index in [-0.39, 0.29) is 12.0 Å². The minimum Gasteiger partial charge on any atom is -0.389 e. The summed E-state index contributed by atoms with van der Waals surface area (Å²) in [6.45, 7) is 8.67. The second-order valence-corrected chi connectivity index (χ2v) is 5.65. The van der Waals surface area contributed by atoms with Crippen LogP contribution in [0.5, 0.6) is 0 Å². The van der Waals surface area contributed by atoms with Gasteiger partial charge in [-0.05, 0) is 19.3 Å². The Morgan fingerprint density at radius 2 is 2.25 bits per heavy atom. The highest BCUT2D eigenvalue weighted by atomic mass is 32.1. The van der Waals surface area contributed by atoms with Crippen LogP contribution in [0.4, 0.5) is 0 Å². The standard InChI is InChI=1S/C12H22N2OS/c1-5-10(11-13-6-7-16-11)14-8-12(4,15)9(2)3/h6-7,9-10,14-15H,5,8H2,1-4H3. The molecule has 92 valence electrons. The zero-order valence-electron chi connectivity index (χ0n) is 10.5. The highest BCUT2D eigenvalue weighted by molar-refractivity contribution is 7.09. The van der Waals surface area contributed by atoms with Crippen molar-refractivity contribution in [2.45, 2.75) is 45.8 Å². The van der Waals surface area contributed by atoms with Crippen LogP contribution in [0, 0.1) is 5.92 Å². The van der Waals surface area contributed by atoms with Gasteiger partial charge >= 0.3 is 0 Å². The monoisotopic (exact) mass is 242 g/mol. The van der Waals surface area contributed by atoms with Gasteiger partial charge in [-0.15, -0.1) is 11.3 Å². The average Bonchev–Trinajstić information content (AvgIpc) is 2.71. The molecule has 0 amide bonds.